The molecule has 0 amide bonds. The first-order chi connectivity index (χ1) is 31.4. The third kappa shape index (κ3) is 7.86. The molecule has 1 saturated heterocycles. The van der Waals surface area contributed by atoms with Gasteiger partial charge in [0.2, 0.25) is 0 Å². The number of piperazine rings is 1. The van der Waals surface area contributed by atoms with Crippen molar-refractivity contribution in [2.45, 2.75) is 19.0 Å². The molecule has 3 aliphatic rings. The van der Waals surface area contributed by atoms with E-state index >= 15 is 0 Å². The van der Waals surface area contributed by atoms with E-state index in [1.165, 1.54) is 16.1 Å². The van der Waals surface area contributed by atoms with Gasteiger partial charge in [-0.05, 0) is 131 Å². The number of carbonyl (C=O) groups excluding carboxylic acids is 1. The van der Waals surface area contributed by atoms with Gasteiger partial charge in [-0.2, -0.15) is 0 Å². The molecule has 65 heavy (non-hydrogen) atoms. The van der Waals surface area contributed by atoms with Crippen molar-refractivity contribution < 1.29 is 19.2 Å². The number of aromatic carboxylic acids is 1. The van der Waals surface area contributed by atoms with Crippen LogP contribution in [0.2, 0.25) is 12.6 Å². The molecule has 1 aliphatic carbocycles. The van der Waals surface area contributed by atoms with Crippen molar-refractivity contribution in [3.63, 3.8) is 0 Å². The number of nitrogens with zero attached hydrogens (tertiary/aromatic N) is 6. The van der Waals surface area contributed by atoms with Crippen molar-refractivity contribution in [1.29, 1.82) is 0 Å². The molecule has 0 spiro atoms. The minimum atomic E-state index is -2.44. The molecule has 328 valence electrons. The van der Waals surface area contributed by atoms with Crippen LogP contribution < -0.4 is 24.8 Å². The Morgan fingerprint density at radius 2 is 1.51 bits per heavy atom. The van der Waals surface area contributed by atoms with Crippen LogP contribution in [0.5, 0.6) is 5.75 Å². The van der Waals surface area contributed by atoms with E-state index in [4.69, 9.17) is 14.7 Å². The first kappa shape index (κ1) is 42.0. The average molecular weight is 879 g/mol. The molecule has 7 aromatic rings. The van der Waals surface area contributed by atoms with Gasteiger partial charge in [0.15, 0.2) is 5.71 Å². The molecular weight excluding hydrogens is 825 g/mol. The van der Waals surface area contributed by atoms with Crippen LogP contribution in [0.25, 0.3) is 50.4 Å². The van der Waals surface area contributed by atoms with Crippen molar-refractivity contribution in [2.24, 2.45) is 0 Å². The van der Waals surface area contributed by atoms with Gasteiger partial charge >= 0.3 is 0 Å². The highest BCUT2D eigenvalue weighted by Gasteiger charge is 2.44. The van der Waals surface area contributed by atoms with Crippen LogP contribution in [0.4, 0.5) is 11.4 Å². The number of rotatable bonds is 11. The van der Waals surface area contributed by atoms with E-state index in [0.29, 0.717) is 12.2 Å². The van der Waals surface area contributed by atoms with Gasteiger partial charge in [-0.1, -0.05) is 36.9 Å². The normalized spacial score (nSPS) is 17.4. The molecular formula is C53H54N8O3Si. The highest BCUT2D eigenvalue weighted by molar-refractivity contribution is 6.99. The van der Waals surface area contributed by atoms with Gasteiger partial charge in [-0.25, -0.2) is 14.5 Å². The number of carboxylic acids is 1. The third-order valence-corrected chi connectivity index (χ3v) is 18.0. The zero-order valence-corrected chi connectivity index (χ0v) is 38.9. The smallest absolute Gasteiger partial charge is 0.199 e. The van der Waals surface area contributed by atoms with E-state index in [1.54, 1.807) is 12.1 Å². The van der Waals surface area contributed by atoms with E-state index in [2.05, 4.69) is 150 Å². The maximum absolute atomic E-state index is 12.5. The van der Waals surface area contributed by atoms with Crippen molar-refractivity contribution >= 4 is 64.0 Å². The zero-order valence-electron chi connectivity index (χ0n) is 37.9. The maximum atomic E-state index is 12.5. The number of benzene rings is 5. The number of aromatic nitrogens is 4. The predicted molar refractivity (Wildman–Crippen MR) is 264 cm³/mol. The molecule has 1 fully saturated rings. The molecule has 11 nitrogen and oxygen atoms in total. The fraction of sp³-hybridized carbons (Fsp3) is 0.245. The topological polar surface area (TPSA) is 119 Å². The van der Waals surface area contributed by atoms with E-state index in [0.717, 1.165) is 117 Å². The number of carboxylic acid groups (broad SMARTS) is 1. The molecule has 0 unspecified atom stereocenters. The van der Waals surface area contributed by atoms with Gasteiger partial charge in [-0.3, -0.25) is 0 Å². The number of imidazole rings is 2. The number of allylic oxidation sites excluding steroid dienone is 5. The van der Waals surface area contributed by atoms with Crippen molar-refractivity contribution in [1.82, 2.24) is 24.8 Å². The van der Waals surface area contributed by atoms with Crippen molar-refractivity contribution in [3.05, 3.63) is 149 Å². The minimum absolute atomic E-state index is 0.195. The Labute approximate surface area is 380 Å². The Morgan fingerprint density at radius 1 is 0.815 bits per heavy atom. The molecule has 1 atom stereocenters. The standard InChI is InChI=1S/C53H54N8O3Si/c1-58(2)36-15-20-42-48(32-36)65(6,49-33-37(59(3)4)16-21-43(49)50(42)40-10-7-8-11-41(40)53(62)63)29-9-28-64-39-18-12-34(13-19-39)51-54-44-22-14-35(30-46(44)56-51)52-55-45-23-17-38(31-47(45)57-52)61-26-24-60(5)25-27-61/h7-8,10-23,30-33H,9,24-29H2,1-6H3,(H2-,54,55,56,57,62,63). The zero-order chi connectivity index (χ0) is 45.0. The average Bonchev–Trinajstić information content (AvgIpc) is 3.95. The summed E-state index contributed by atoms with van der Waals surface area (Å²) in [6.07, 6.45) is 7.50. The van der Waals surface area contributed by atoms with Crippen LogP contribution in [0.15, 0.2) is 132 Å². The first-order valence-corrected chi connectivity index (χ1v) is 25.1. The van der Waals surface area contributed by atoms with Crippen LogP contribution >= 0.6 is 0 Å². The summed E-state index contributed by atoms with van der Waals surface area (Å²) in [6.45, 7) is 7.20. The van der Waals surface area contributed by atoms with E-state index < -0.39 is 14.0 Å². The second-order valence-corrected chi connectivity index (χ2v) is 22.4. The van der Waals surface area contributed by atoms with Gasteiger partial charge in [0, 0.05) is 80.5 Å². The van der Waals surface area contributed by atoms with E-state index in [-0.39, 0.29) is 5.56 Å². The second kappa shape index (κ2) is 16.8. The molecule has 2 aromatic heterocycles. The second-order valence-electron chi connectivity index (χ2n) is 18.2. The molecule has 0 bridgehead atoms. The molecule has 4 heterocycles. The van der Waals surface area contributed by atoms with Gasteiger partial charge in [0.1, 0.15) is 39.6 Å². The summed E-state index contributed by atoms with van der Waals surface area (Å²) in [5.41, 5.74) is 13.3. The number of aromatic amines is 2. The number of carbonyl (C=O) groups is 1. The van der Waals surface area contributed by atoms with Crippen LogP contribution in [-0.4, -0.2) is 117 Å². The Morgan fingerprint density at radius 3 is 2.23 bits per heavy atom. The lowest BCUT2D eigenvalue weighted by Gasteiger charge is -2.41. The summed E-state index contributed by atoms with van der Waals surface area (Å²) in [6, 6.07) is 35.7. The molecule has 5 aromatic carbocycles. The number of ether oxygens (including phenoxy) is 1. The Hall–Kier alpha value is -7.02. The summed E-state index contributed by atoms with van der Waals surface area (Å²) >= 11 is 0. The minimum Gasteiger partial charge on any atom is -0.545 e. The number of likely N-dealkylation sites (N-methyl/N-ethyl adjacent to an activating group) is 1. The van der Waals surface area contributed by atoms with Gasteiger partial charge in [0.05, 0.1) is 34.6 Å². The quantitative estimate of drug-likeness (QED) is 0.0792. The molecule has 0 radical (unpaired) electrons. The number of anilines is 2. The molecule has 2 aliphatic heterocycles. The van der Waals surface area contributed by atoms with E-state index in [1.807, 2.05) is 30.3 Å². The lowest BCUT2D eigenvalue weighted by molar-refractivity contribution is -0.462. The third-order valence-electron chi connectivity index (χ3n) is 13.5. The number of fused-ring (bicyclic) bond motifs is 4. The molecule has 10 rings (SSSR count). The fourth-order valence-electron chi connectivity index (χ4n) is 9.71. The summed E-state index contributed by atoms with van der Waals surface area (Å²) in [4.78, 5) is 36.4. The largest absolute Gasteiger partial charge is 0.545 e. The van der Waals surface area contributed by atoms with Crippen LogP contribution in [0.3, 0.4) is 0 Å². The Balaban J connectivity index is 0.866. The SMILES string of the molecule is CN1CCN(c2ccc3nc(-c4ccc5nc(-c6ccc(OCCC[Si@]7(C)C8=CC(=[N+](C)C)C=CC8=C(c8ccccc8C(=O)[O-])c8ccc(N(C)C)cc87)cc6)[nH]c5c4)[nH]c3c2)CC1. The number of H-pyrrole nitrogens is 2. The Bertz CT molecular complexity index is 3130. The predicted octanol–water partition coefficient (Wildman–Crippen LogP) is 7.27. The fourth-order valence-corrected chi connectivity index (χ4v) is 13.9. The lowest BCUT2D eigenvalue weighted by atomic mass is 9.87. The van der Waals surface area contributed by atoms with Gasteiger partial charge < -0.3 is 39.3 Å². The van der Waals surface area contributed by atoms with Crippen molar-refractivity contribution in [2.75, 3.05) is 77.8 Å². The maximum Gasteiger partial charge on any atom is 0.199 e. The monoisotopic (exact) mass is 878 g/mol. The summed E-state index contributed by atoms with van der Waals surface area (Å²) in [5, 5.41) is 15.1. The van der Waals surface area contributed by atoms with E-state index in [9.17, 15) is 9.90 Å². The molecule has 0 saturated carbocycles. The number of hydrogen-bond donors (Lipinski definition) is 2. The summed E-state index contributed by atoms with van der Waals surface area (Å²) in [5.74, 6) is 1.26. The van der Waals surface area contributed by atoms with Crippen LogP contribution in [0, 0.1) is 0 Å². The van der Waals surface area contributed by atoms with Gasteiger partial charge in [-0.15, -0.1) is 0 Å². The number of nitrogens with one attached hydrogen (secondary N) is 2. The lowest BCUT2D eigenvalue weighted by Crippen LogP contribution is -2.52. The number of hydrogen-bond acceptors (Lipinski definition) is 8. The summed E-state index contributed by atoms with van der Waals surface area (Å²) < 4.78 is 8.58. The van der Waals surface area contributed by atoms with Crippen LogP contribution in [0.1, 0.15) is 27.9 Å². The highest BCUT2D eigenvalue weighted by atomic mass is 28.3. The van der Waals surface area contributed by atoms with Gasteiger partial charge in [0.25, 0.3) is 0 Å². The molecule has 2 N–H and O–H groups in total. The highest BCUT2D eigenvalue weighted by Crippen LogP contribution is 2.44. The Kier molecular flexibility index (Phi) is 10.9. The first-order valence-electron chi connectivity index (χ1n) is 22.4. The molecule has 12 heteroatoms. The van der Waals surface area contributed by atoms with Crippen LogP contribution in [-0.2, 0) is 0 Å². The van der Waals surface area contributed by atoms with Crippen molar-refractivity contribution in [3.8, 4) is 28.5 Å². The summed E-state index contributed by atoms with van der Waals surface area (Å²) in [7, 11) is 7.99.